The molecule has 94 valence electrons. The monoisotopic (exact) mass is 267 g/mol. The molecule has 0 aliphatic rings. The highest BCUT2D eigenvalue weighted by atomic mass is 32.1. The lowest BCUT2D eigenvalue weighted by Crippen LogP contribution is -2.19. The standard InChI is InChI=1S/C10H9N3O4S/c14-6-3-5(4-7(15)8(6)16)12-9(17)13-10-11-1-2-18-10/h1-4,14-16H,(H2,11,12,13,17). The lowest BCUT2D eigenvalue weighted by atomic mass is 10.2. The van der Waals surface area contributed by atoms with Gasteiger partial charge in [0.05, 0.1) is 5.69 Å². The zero-order chi connectivity index (χ0) is 13.1. The van der Waals surface area contributed by atoms with Crippen molar-refractivity contribution in [3.8, 4) is 17.2 Å². The van der Waals surface area contributed by atoms with Gasteiger partial charge in [-0.15, -0.1) is 11.3 Å². The van der Waals surface area contributed by atoms with Crippen LogP contribution in [0.2, 0.25) is 0 Å². The molecule has 0 saturated heterocycles. The number of benzene rings is 1. The molecule has 0 spiro atoms. The topological polar surface area (TPSA) is 115 Å². The van der Waals surface area contributed by atoms with E-state index in [2.05, 4.69) is 15.6 Å². The SMILES string of the molecule is O=C(Nc1cc(O)c(O)c(O)c1)Nc1nccs1. The Hall–Kier alpha value is -2.48. The van der Waals surface area contributed by atoms with Gasteiger partial charge in [-0.1, -0.05) is 0 Å². The molecule has 2 rings (SSSR count). The number of rotatable bonds is 2. The van der Waals surface area contributed by atoms with Gasteiger partial charge in [0.15, 0.2) is 22.4 Å². The maximum Gasteiger partial charge on any atom is 0.325 e. The number of hydrogen-bond donors (Lipinski definition) is 5. The van der Waals surface area contributed by atoms with Crippen molar-refractivity contribution in [1.82, 2.24) is 4.98 Å². The molecule has 0 unspecified atom stereocenters. The maximum absolute atomic E-state index is 11.5. The fourth-order valence-electron chi connectivity index (χ4n) is 1.22. The van der Waals surface area contributed by atoms with Crippen LogP contribution in [-0.2, 0) is 0 Å². The zero-order valence-corrected chi connectivity index (χ0v) is 9.73. The third-order valence-corrected chi connectivity index (χ3v) is 2.67. The normalized spacial score (nSPS) is 10.0. The van der Waals surface area contributed by atoms with E-state index in [0.717, 1.165) is 12.1 Å². The molecule has 0 fully saturated rings. The summed E-state index contributed by atoms with van der Waals surface area (Å²) in [5.74, 6) is -1.69. The molecule has 0 saturated carbocycles. The minimum atomic E-state index is -0.638. The fraction of sp³-hybridized carbons (Fsp3) is 0. The third kappa shape index (κ3) is 2.61. The Kier molecular flexibility index (Phi) is 3.20. The fourth-order valence-corrected chi connectivity index (χ4v) is 1.74. The first-order valence-corrected chi connectivity index (χ1v) is 5.66. The number of thiazole rings is 1. The van der Waals surface area contributed by atoms with E-state index in [1.54, 1.807) is 11.6 Å². The molecule has 0 atom stereocenters. The number of hydrogen-bond acceptors (Lipinski definition) is 6. The average Bonchev–Trinajstić information content (AvgIpc) is 2.78. The van der Waals surface area contributed by atoms with Gasteiger partial charge in [0, 0.05) is 23.7 Å². The van der Waals surface area contributed by atoms with Crippen molar-refractivity contribution < 1.29 is 20.1 Å². The summed E-state index contributed by atoms with van der Waals surface area (Å²) in [5.41, 5.74) is 0.136. The number of nitrogens with zero attached hydrogens (tertiary/aromatic N) is 1. The lowest BCUT2D eigenvalue weighted by molar-refractivity contribution is 0.262. The first kappa shape index (κ1) is 12.0. The van der Waals surface area contributed by atoms with Crippen LogP contribution in [0.3, 0.4) is 0 Å². The molecule has 2 amide bonds. The van der Waals surface area contributed by atoms with Crippen LogP contribution in [0.5, 0.6) is 17.2 Å². The highest BCUT2D eigenvalue weighted by molar-refractivity contribution is 7.13. The Balaban J connectivity index is 2.07. The van der Waals surface area contributed by atoms with Crippen LogP contribution in [0.25, 0.3) is 0 Å². The number of phenols is 3. The van der Waals surface area contributed by atoms with Crippen LogP contribution >= 0.6 is 11.3 Å². The van der Waals surface area contributed by atoms with Crippen LogP contribution < -0.4 is 10.6 Å². The molecular formula is C10H9N3O4S. The quantitative estimate of drug-likeness (QED) is 0.421. The summed E-state index contributed by atoms with van der Waals surface area (Å²) in [6.07, 6.45) is 1.54. The number of nitrogens with one attached hydrogen (secondary N) is 2. The van der Waals surface area contributed by atoms with Gasteiger partial charge in [-0.25, -0.2) is 9.78 Å². The van der Waals surface area contributed by atoms with Gasteiger partial charge >= 0.3 is 6.03 Å². The van der Waals surface area contributed by atoms with E-state index in [1.807, 2.05) is 0 Å². The first-order valence-electron chi connectivity index (χ1n) is 4.78. The van der Waals surface area contributed by atoms with Crippen molar-refractivity contribution >= 4 is 28.2 Å². The molecule has 7 nitrogen and oxygen atoms in total. The molecular weight excluding hydrogens is 258 g/mol. The summed E-state index contributed by atoms with van der Waals surface area (Å²) in [4.78, 5) is 15.4. The number of phenolic OH excluding ortho intramolecular Hbond substituents is 3. The number of anilines is 2. The molecule has 1 aromatic carbocycles. The Bertz CT molecular complexity index is 548. The van der Waals surface area contributed by atoms with Crippen LogP contribution in [-0.4, -0.2) is 26.3 Å². The highest BCUT2D eigenvalue weighted by Crippen LogP contribution is 2.37. The third-order valence-electron chi connectivity index (χ3n) is 1.98. The van der Waals surface area contributed by atoms with E-state index < -0.39 is 23.3 Å². The van der Waals surface area contributed by atoms with Crippen molar-refractivity contribution in [2.75, 3.05) is 10.6 Å². The van der Waals surface area contributed by atoms with Crippen LogP contribution in [0.1, 0.15) is 0 Å². The second-order valence-corrected chi connectivity index (χ2v) is 4.17. The van der Waals surface area contributed by atoms with E-state index in [4.69, 9.17) is 5.11 Å². The number of carbonyl (C=O) groups is 1. The number of amides is 2. The van der Waals surface area contributed by atoms with E-state index in [-0.39, 0.29) is 5.69 Å². The predicted octanol–water partition coefficient (Wildman–Crippen LogP) is 1.90. The number of urea groups is 1. The lowest BCUT2D eigenvalue weighted by Gasteiger charge is -2.07. The van der Waals surface area contributed by atoms with Crippen LogP contribution in [0.15, 0.2) is 23.7 Å². The Labute approximate surface area is 105 Å². The maximum atomic E-state index is 11.5. The summed E-state index contributed by atoms with van der Waals surface area (Å²) in [5, 5.41) is 34.6. The second kappa shape index (κ2) is 4.80. The molecule has 2 aromatic rings. The van der Waals surface area contributed by atoms with Crippen molar-refractivity contribution in [2.45, 2.75) is 0 Å². The van der Waals surface area contributed by atoms with Gasteiger partial charge < -0.3 is 20.6 Å². The number of aromatic nitrogens is 1. The summed E-state index contributed by atoms with van der Waals surface area (Å²) in [6, 6.07) is 1.64. The van der Waals surface area contributed by atoms with E-state index in [9.17, 15) is 15.0 Å². The average molecular weight is 267 g/mol. The molecule has 8 heteroatoms. The van der Waals surface area contributed by atoms with Crippen LogP contribution in [0.4, 0.5) is 15.6 Å². The molecule has 1 aromatic heterocycles. The molecule has 0 aliphatic carbocycles. The predicted molar refractivity (Wildman–Crippen MR) is 66.2 cm³/mol. The molecule has 18 heavy (non-hydrogen) atoms. The Morgan fingerprint density at radius 1 is 1.17 bits per heavy atom. The first-order chi connectivity index (χ1) is 8.56. The van der Waals surface area contributed by atoms with Crippen LogP contribution in [0, 0.1) is 0 Å². The van der Waals surface area contributed by atoms with Gasteiger partial charge in [0.2, 0.25) is 0 Å². The Morgan fingerprint density at radius 2 is 1.83 bits per heavy atom. The number of carbonyl (C=O) groups excluding carboxylic acids is 1. The van der Waals surface area contributed by atoms with E-state index in [1.165, 1.54) is 11.3 Å². The van der Waals surface area contributed by atoms with Crippen molar-refractivity contribution in [2.24, 2.45) is 0 Å². The summed E-state index contributed by atoms with van der Waals surface area (Å²) in [7, 11) is 0. The molecule has 1 heterocycles. The molecule has 5 N–H and O–H groups in total. The van der Waals surface area contributed by atoms with Crippen molar-refractivity contribution in [3.05, 3.63) is 23.7 Å². The van der Waals surface area contributed by atoms with Gasteiger partial charge in [-0.2, -0.15) is 0 Å². The summed E-state index contributed by atoms with van der Waals surface area (Å²) >= 11 is 1.25. The molecule has 0 bridgehead atoms. The van der Waals surface area contributed by atoms with Crippen molar-refractivity contribution in [3.63, 3.8) is 0 Å². The minimum Gasteiger partial charge on any atom is -0.504 e. The summed E-state index contributed by atoms with van der Waals surface area (Å²) in [6.45, 7) is 0. The Morgan fingerprint density at radius 3 is 2.39 bits per heavy atom. The summed E-state index contributed by atoms with van der Waals surface area (Å²) < 4.78 is 0. The van der Waals surface area contributed by atoms with Gasteiger partial charge in [-0.05, 0) is 0 Å². The van der Waals surface area contributed by atoms with Gasteiger partial charge in [0.25, 0.3) is 0 Å². The highest BCUT2D eigenvalue weighted by Gasteiger charge is 2.10. The minimum absolute atomic E-state index is 0.136. The largest absolute Gasteiger partial charge is 0.504 e. The number of aromatic hydroxyl groups is 3. The van der Waals surface area contributed by atoms with Gasteiger partial charge in [0.1, 0.15) is 0 Å². The van der Waals surface area contributed by atoms with E-state index >= 15 is 0 Å². The molecule has 0 aliphatic heterocycles. The second-order valence-electron chi connectivity index (χ2n) is 3.28. The van der Waals surface area contributed by atoms with E-state index in [0.29, 0.717) is 5.13 Å². The zero-order valence-electron chi connectivity index (χ0n) is 8.91. The van der Waals surface area contributed by atoms with Crippen molar-refractivity contribution in [1.29, 1.82) is 0 Å². The smallest absolute Gasteiger partial charge is 0.325 e. The molecule has 0 radical (unpaired) electrons. The van der Waals surface area contributed by atoms with Gasteiger partial charge in [-0.3, -0.25) is 5.32 Å².